The molecule has 0 aliphatic carbocycles. The van der Waals surface area contributed by atoms with Gasteiger partial charge in [0.25, 0.3) is 0 Å². The molecule has 0 saturated heterocycles. The van der Waals surface area contributed by atoms with Crippen molar-refractivity contribution in [1.82, 2.24) is 5.32 Å². The van der Waals surface area contributed by atoms with Crippen molar-refractivity contribution in [2.75, 3.05) is 6.54 Å². The number of guanidine groups is 1. The largest absolute Gasteiger partial charge is 2.00 e. The molecule has 1 aromatic carbocycles. The van der Waals surface area contributed by atoms with Gasteiger partial charge in [-0.15, -0.1) is 0 Å². The first-order valence-electron chi connectivity index (χ1n) is 6.15. The fourth-order valence-corrected chi connectivity index (χ4v) is 1.24. The molecule has 0 aromatic heterocycles. The van der Waals surface area contributed by atoms with E-state index >= 15 is 0 Å². The topological polar surface area (TPSA) is 168 Å². The SMILES string of the molecule is N=C(N)NCCCC(N)C(=O)[O-].O=C([O-])c1ccccc1.[Zn+2]. The Balaban J connectivity index is 0. The van der Waals surface area contributed by atoms with Crippen LogP contribution in [-0.2, 0) is 24.3 Å². The van der Waals surface area contributed by atoms with Crippen molar-refractivity contribution >= 4 is 17.9 Å². The second-order valence-corrected chi connectivity index (χ2v) is 4.06. The molecule has 0 aliphatic rings. The van der Waals surface area contributed by atoms with Crippen LogP contribution in [0.15, 0.2) is 30.3 Å². The third-order valence-electron chi connectivity index (χ3n) is 2.32. The third-order valence-corrected chi connectivity index (χ3v) is 2.32. The van der Waals surface area contributed by atoms with Crippen LogP contribution in [0.2, 0.25) is 0 Å². The number of nitrogens with one attached hydrogen (secondary N) is 2. The molecular formula is C13H18N4O4Zn. The summed E-state index contributed by atoms with van der Waals surface area (Å²) in [5.41, 5.74) is 10.4. The zero-order chi connectivity index (χ0) is 16.3. The van der Waals surface area contributed by atoms with E-state index in [4.69, 9.17) is 16.9 Å². The standard InChI is InChI=1S/C7H6O2.C6H14N4O2.Zn/c8-7(9)6-4-2-1-3-5-6;7-4(5(11)12)2-1-3-10-6(8)9;/h1-5H,(H,8,9);4H,1-3,7H2,(H,11,12)(H4,8,9,10);/q;;+2/p-2. The van der Waals surface area contributed by atoms with Crippen LogP contribution in [0.5, 0.6) is 0 Å². The van der Waals surface area contributed by atoms with Gasteiger partial charge in [-0.3, -0.25) is 5.41 Å². The van der Waals surface area contributed by atoms with Crippen molar-refractivity contribution in [3.8, 4) is 0 Å². The van der Waals surface area contributed by atoms with Gasteiger partial charge < -0.3 is 36.6 Å². The van der Waals surface area contributed by atoms with E-state index in [9.17, 15) is 19.8 Å². The Morgan fingerprint density at radius 2 is 1.77 bits per heavy atom. The van der Waals surface area contributed by atoms with Crippen LogP contribution < -0.4 is 27.0 Å². The Morgan fingerprint density at radius 1 is 1.23 bits per heavy atom. The molecular weight excluding hydrogens is 342 g/mol. The van der Waals surface area contributed by atoms with Crippen LogP contribution in [0.1, 0.15) is 23.2 Å². The molecule has 0 bridgehead atoms. The van der Waals surface area contributed by atoms with E-state index in [1.54, 1.807) is 18.2 Å². The summed E-state index contributed by atoms with van der Waals surface area (Å²) < 4.78 is 0. The molecule has 0 radical (unpaired) electrons. The number of carbonyl (C=O) groups is 2. The number of carboxylic acid groups (broad SMARTS) is 2. The fraction of sp³-hybridized carbons (Fsp3) is 0.308. The van der Waals surface area contributed by atoms with Crippen molar-refractivity contribution in [1.29, 1.82) is 5.41 Å². The van der Waals surface area contributed by atoms with Crippen LogP contribution in [0, 0.1) is 5.41 Å². The van der Waals surface area contributed by atoms with Gasteiger partial charge in [-0.1, -0.05) is 30.3 Å². The number of carbonyl (C=O) groups excluding carboxylic acids is 2. The predicted molar refractivity (Wildman–Crippen MR) is 72.9 cm³/mol. The van der Waals surface area contributed by atoms with E-state index in [0.29, 0.717) is 19.4 Å². The Morgan fingerprint density at radius 3 is 2.14 bits per heavy atom. The zero-order valence-corrected chi connectivity index (χ0v) is 15.0. The van der Waals surface area contributed by atoms with Gasteiger partial charge in [0.2, 0.25) is 0 Å². The van der Waals surface area contributed by atoms with Gasteiger partial charge in [-0.2, -0.15) is 0 Å². The van der Waals surface area contributed by atoms with Crippen molar-refractivity contribution in [3.05, 3.63) is 35.9 Å². The number of rotatable bonds is 6. The maximum atomic E-state index is 10.1. The van der Waals surface area contributed by atoms with E-state index < -0.39 is 18.0 Å². The maximum absolute atomic E-state index is 10.1. The normalized spacial score (nSPS) is 10.2. The number of hydrogen-bond donors (Lipinski definition) is 4. The monoisotopic (exact) mass is 358 g/mol. The molecule has 1 unspecified atom stereocenters. The van der Waals surface area contributed by atoms with Crippen LogP contribution in [-0.4, -0.2) is 30.5 Å². The van der Waals surface area contributed by atoms with Crippen molar-refractivity contribution in [2.24, 2.45) is 11.5 Å². The molecule has 0 heterocycles. The van der Waals surface area contributed by atoms with E-state index in [1.807, 2.05) is 0 Å². The Kier molecular flexibility index (Phi) is 12.9. The van der Waals surface area contributed by atoms with Gasteiger partial charge in [0.05, 0.1) is 11.9 Å². The minimum atomic E-state index is -1.25. The summed E-state index contributed by atoms with van der Waals surface area (Å²) >= 11 is 0. The molecule has 0 spiro atoms. The second kappa shape index (κ2) is 12.7. The first kappa shape index (κ1) is 22.3. The molecule has 9 heteroatoms. The summed E-state index contributed by atoms with van der Waals surface area (Å²) in [5.74, 6) is -2.51. The van der Waals surface area contributed by atoms with E-state index in [-0.39, 0.29) is 31.0 Å². The minimum absolute atomic E-state index is 0. The quantitative estimate of drug-likeness (QED) is 0.186. The van der Waals surface area contributed by atoms with Gasteiger partial charge in [0, 0.05) is 12.6 Å². The molecule has 0 saturated carbocycles. The van der Waals surface area contributed by atoms with Crippen LogP contribution in [0.25, 0.3) is 0 Å². The van der Waals surface area contributed by atoms with Gasteiger partial charge >= 0.3 is 19.5 Å². The second-order valence-electron chi connectivity index (χ2n) is 4.06. The fourth-order valence-electron chi connectivity index (χ4n) is 1.24. The number of nitrogens with two attached hydrogens (primary N) is 2. The minimum Gasteiger partial charge on any atom is -0.548 e. The third kappa shape index (κ3) is 11.8. The van der Waals surface area contributed by atoms with E-state index in [2.05, 4.69) is 5.32 Å². The van der Waals surface area contributed by atoms with Crippen molar-refractivity contribution in [2.45, 2.75) is 18.9 Å². The Hall–Kier alpha value is -1.99. The molecule has 22 heavy (non-hydrogen) atoms. The molecule has 0 aliphatic heterocycles. The Labute approximate surface area is 141 Å². The molecule has 1 aromatic rings. The Bertz CT molecular complexity index is 470. The molecule has 0 fully saturated rings. The van der Waals surface area contributed by atoms with Crippen LogP contribution in [0.3, 0.4) is 0 Å². The zero-order valence-electron chi connectivity index (χ0n) is 12.1. The van der Waals surface area contributed by atoms with Gasteiger partial charge in [0.1, 0.15) is 0 Å². The number of carboxylic acids is 2. The van der Waals surface area contributed by atoms with E-state index in [1.165, 1.54) is 12.1 Å². The summed E-state index contributed by atoms with van der Waals surface area (Å²) in [6.07, 6.45) is 0.872. The smallest absolute Gasteiger partial charge is 0.548 e. The van der Waals surface area contributed by atoms with Gasteiger partial charge in [-0.25, -0.2) is 0 Å². The number of benzene rings is 1. The number of aliphatic carboxylic acids is 1. The van der Waals surface area contributed by atoms with Crippen molar-refractivity contribution < 1.29 is 39.3 Å². The first-order chi connectivity index (χ1) is 9.84. The van der Waals surface area contributed by atoms with E-state index in [0.717, 1.165) is 0 Å². The first-order valence-corrected chi connectivity index (χ1v) is 6.15. The molecule has 1 atom stereocenters. The number of hydrogen-bond acceptors (Lipinski definition) is 6. The van der Waals surface area contributed by atoms with Crippen LogP contribution >= 0.6 is 0 Å². The molecule has 116 valence electrons. The van der Waals surface area contributed by atoms with Gasteiger partial charge in [0.15, 0.2) is 5.96 Å². The van der Waals surface area contributed by atoms with Gasteiger partial charge in [-0.05, 0) is 18.4 Å². The van der Waals surface area contributed by atoms with Crippen molar-refractivity contribution in [3.63, 3.8) is 0 Å². The van der Waals surface area contributed by atoms with Crippen LogP contribution in [0.4, 0.5) is 0 Å². The molecule has 8 nitrogen and oxygen atoms in total. The molecule has 0 amide bonds. The number of aromatic carboxylic acids is 1. The maximum Gasteiger partial charge on any atom is 2.00 e. The summed E-state index contributed by atoms with van der Waals surface area (Å²) in [7, 11) is 0. The average Bonchev–Trinajstić information content (AvgIpc) is 2.44. The predicted octanol–water partition coefficient (Wildman–Crippen LogP) is -2.63. The summed E-state index contributed by atoms with van der Waals surface area (Å²) in [6, 6.07) is 7.13. The average molecular weight is 360 g/mol. The molecule has 6 N–H and O–H groups in total. The summed E-state index contributed by atoms with van der Waals surface area (Å²) in [5, 5.41) is 29.5. The molecule has 1 rings (SSSR count). The summed E-state index contributed by atoms with van der Waals surface area (Å²) in [4.78, 5) is 20.2. The summed E-state index contributed by atoms with van der Waals surface area (Å²) in [6.45, 7) is 0.455.